The Labute approximate surface area is 102 Å². The number of aromatic amines is 1. The molecule has 0 radical (unpaired) electrons. The van der Waals surface area contributed by atoms with E-state index in [-0.39, 0.29) is 18.4 Å². The summed E-state index contributed by atoms with van der Waals surface area (Å²) in [5, 5.41) is 0. The number of nitrogens with zero attached hydrogens (tertiary/aromatic N) is 1. The summed E-state index contributed by atoms with van der Waals surface area (Å²) >= 11 is 0. The van der Waals surface area contributed by atoms with Gasteiger partial charge in [-0.3, -0.25) is 0 Å². The van der Waals surface area contributed by atoms with Gasteiger partial charge in [0.1, 0.15) is 0 Å². The minimum absolute atomic E-state index is 0. The van der Waals surface area contributed by atoms with Crippen molar-refractivity contribution in [3.63, 3.8) is 0 Å². The number of rotatable bonds is 3. The normalized spacial score (nSPS) is 11.9. The number of benzene rings is 1. The van der Waals surface area contributed by atoms with Crippen molar-refractivity contribution >= 4 is 12.4 Å². The molecule has 0 aliphatic heterocycles. The molecule has 0 aliphatic carbocycles. The van der Waals surface area contributed by atoms with Crippen LogP contribution in [-0.2, 0) is 6.42 Å². The Hall–Kier alpha value is -1.32. The van der Waals surface area contributed by atoms with Gasteiger partial charge in [-0.05, 0) is 30.5 Å². The molecule has 0 saturated heterocycles. The molecule has 0 amide bonds. The van der Waals surface area contributed by atoms with Crippen LogP contribution in [0, 0.1) is 0 Å². The van der Waals surface area contributed by atoms with Gasteiger partial charge in [-0.2, -0.15) is 0 Å². The fraction of sp³-hybridized carbons (Fsp3) is 0.250. The summed E-state index contributed by atoms with van der Waals surface area (Å²) in [6.45, 7) is 2.02. The summed E-state index contributed by atoms with van der Waals surface area (Å²) in [5.41, 5.74) is 9.24. The Morgan fingerprint density at radius 3 is 2.88 bits per heavy atom. The van der Waals surface area contributed by atoms with Crippen LogP contribution >= 0.6 is 12.4 Å². The third-order valence-corrected chi connectivity index (χ3v) is 2.29. The van der Waals surface area contributed by atoms with Crippen molar-refractivity contribution in [2.75, 3.05) is 0 Å². The van der Waals surface area contributed by atoms with Crippen molar-refractivity contribution in [3.05, 3.63) is 42.4 Å². The molecule has 1 aromatic heterocycles. The van der Waals surface area contributed by atoms with Gasteiger partial charge in [0.15, 0.2) is 0 Å². The second-order valence-electron chi connectivity index (χ2n) is 3.85. The molecule has 0 saturated carbocycles. The van der Waals surface area contributed by atoms with E-state index in [1.54, 1.807) is 6.33 Å². The van der Waals surface area contributed by atoms with Crippen molar-refractivity contribution in [2.24, 2.45) is 5.73 Å². The van der Waals surface area contributed by atoms with Gasteiger partial charge in [-0.25, -0.2) is 4.98 Å². The van der Waals surface area contributed by atoms with Crippen LogP contribution in [0.25, 0.3) is 11.3 Å². The Morgan fingerprint density at radius 2 is 2.25 bits per heavy atom. The van der Waals surface area contributed by atoms with E-state index in [0.717, 1.165) is 17.7 Å². The number of nitrogens with two attached hydrogens (primary N) is 1. The zero-order valence-corrected chi connectivity index (χ0v) is 10.00. The van der Waals surface area contributed by atoms with E-state index in [9.17, 15) is 0 Å². The summed E-state index contributed by atoms with van der Waals surface area (Å²) in [6, 6.07) is 8.56. The first-order valence-corrected chi connectivity index (χ1v) is 5.09. The van der Waals surface area contributed by atoms with Crippen LogP contribution in [-0.4, -0.2) is 16.0 Å². The molecule has 1 atom stereocenters. The highest BCUT2D eigenvalue weighted by Gasteiger charge is 2.01. The molecule has 1 unspecified atom stereocenters. The maximum Gasteiger partial charge on any atom is 0.0924 e. The molecule has 0 fully saturated rings. The highest BCUT2D eigenvalue weighted by molar-refractivity contribution is 5.85. The largest absolute Gasteiger partial charge is 0.345 e. The zero-order chi connectivity index (χ0) is 10.7. The molecule has 3 N–H and O–H groups in total. The molecule has 0 spiro atoms. The molecule has 0 bridgehead atoms. The molecule has 2 aromatic rings. The van der Waals surface area contributed by atoms with Crippen molar-refractivity contribution in [1.82, 2.24) is 9.97 Å². The smallest absolute Gasteiger partial charge is 0.0924 e. The fourth-order valence-corrected chi connectivity index (χ4v) is 1.65. The summed E-state index contributed by atoms with van der Waals surface area (Å²) in [5.74, 6) is 0. The number of hydrogen-bond acceptors (Lipinski definition) is 2. The van der Waals surface area contributed by atoms with Gasteiger partial charge in [0.2, 0.25) is 0 Å². The van der Waals surface area contributed by atoms with Crippen LogP contribution in [0.15, 0.2) is 36.8 Å². The second kappa shape index (κ2) is 5.68. The second-order valence-corrected chi connectivity index (χ2v) is 3.85. The molecule has 16 heavy (non-hydrogen) atoms. The van der Waals surface area contributed by atoms with E-state index in [4.69, 9.17) is 5.73 Å². The van der Waals surface area contributed by atoms with Gasteiger partial charge in [0.05, 0.1) is 18.2 Å². The molecular formula is C12H16ClN3. The summed E-state index contributed by atoms with van der Waals surface area (Å²) in [7, 11) is 0. The molecule has 3 nitrogen and oxygen atoms in total. The van der Waals surface area contributed by atoms with E-state index >= 15 is 0 Å². The predicted octanol–water partition coefficient (Wildman–Crippen LogP) is 2.39. The van der Waals surface area contributed by atoms with E-state index in [0.29, 0.717) is 0 Å². The van der Waals surface area contributed by atoms with Gasteiger partial charge in [0.25, 0.3) is 0 Å². The van der Waals surface area contributed by atoms with Gasteiger partial charge >= 0.3 is 0 Å². The topological polar surface area (TPSA) is 54.7 Å². The van der Waals surface area contributed by atoms with Gasteiger partial charge in [-0.15, -0.1) is 12.4 Å². The molecule has 2 rings (SSSR count). The highest BCUT2D eigenvalue weighted by Crippen LogP contribution is 2.17. The van der Waals surface area contributed by atoms with E-state index in [1.165, 1.54) is 5.56 Å². The molecule has 4 heteroatoms. The molecule has 1 heterocycles. The van der Waals surface area contributed by atoms with E-state index < -0.39 is 0 Å². The molecule has 1 aromatic carbocycles. The van der Waals surface area contributed by atoms with Crippen molar-refractivity contribution in [1.29, 1.82) is 0 Å². The molecular weight excluding hydrogens is 222 g/mol. The van der Waals surface area contributed by atoms with E-state index in [2.05, 4.69) is 28.2 Å². The van der Waals surface area contributed by atoms with Gasteiger partial charge in [0, 0.05) is 6.04 Å². The Morgan fingerprint density at radius 1 is 1.44 bits per heavy atom. The van der Waals surface area contributed by atoms with Crippen molar-refractivity contribution in [2.45, 2.75) is 19.4 Å². The lowest BCUT2D eigenvalue weighted by Crippen LogP contribution is -2.17. The highest BCUT2D eigenvalue weighted by atomic mass is 35.5. The number of H-pyrrole nitrogens is 1. The number of nitrogens with one attached hydrogen (secondary N) is 1. The minimum atomic E-state index is 0. The number of imidazole rings is 1. The first kappa shape index (κ1) is 12.7. The zero-order valence-electron chi connectivity index (χ0n) is 9.18. The number of halogens is 1. The van der Waals surface area contributed by atoms with Crippen LogP contribution in [0.5, 0.6) is 0 Å². The Bertz CT molecular complexity index is 424. The minimum Gasteiger partial charge on any atom is -0.345 e. The quantitative estimate of drug-likeness (QED) is 0.861. The SMILES string of the molecule is CC(N)Cc1cccc(-c2cnc[nH]2)c1.Cl. The lowest BCUT2D eigenvalue weighted by atomic mass is 10.0. The number of aromatic nitrogens is 2. The van der Waals surface area contributed by atoms with Crippen LogP contribution in [0.3, 0.4) is 0 Å². The lowest BCUT2D eigenvalue weighted by Gasteiger charge is -2.06. The maximum absolute atomic E-state index is 5.77. The summed E-state index contributed by atoms with van der Waals surface area (Å²) < 4.78 is 0. The standard InChI is InChI=1S/C12H15N3.ClH/c1-9(13)5-10-3-2-4-11(6-10)12-7-14-8-15-12;/h2-4,6-9H,5,13H2,1H3,(H,14,15);1H. The predicted molar refractivity (Wildman–Crippen MR) is 68.6 cm³/mol. The van der Waals surface area contributed by atoms with Crippen LogP contribution in [0.1, 0.15) is 12.5 Å². The van der Waals surface area contributed by atoms with Crippen molar-refractivity contribution < 1.29 is 0 Å². The van der Waals surface area contributed by atoms with E-state index in [1.807, 2.05) is 19.2 Å². The Balaban J connectivity index is 0.00000128. The van der Waals surface area contributed by atoms with Gasteiger partial charge < -0.3 is 10.7 Å². The third-order valence-electron chi connectivity index (χ3n) is 2.29. The first-order valence-electron chi connectivity index (χ1n) is 5.09. The summed E-state index contributed by atoms with van der Waals surface area (Å²) in [6.07, 6.45) is 4.42. The lowest BCUT2D eigenvalue weighted by molar-refractivity contribution is 0.738. The van der Waals surface area contributed by atoms with Gasteiger partial charge in [-0.1, -0.05) is 18.2 Å². The first-order chi connectivity index (χ1) is 7.25. The Kier molecular flexibility index (Phi) is 4.52. The van der Waals surface area contributed by atoms with Crippen molar-refractivity contribution in [3.8, 4) is 11.3 Å². The molecule has 0 aliphatic rings. The average molecular weight is 238 g/mol. The third kappa shape index (κ3) is 3.08. The summed E-state index contributed by atoms with van der Waals surface area (Å²) in [4.78, 5) is 7.10. The van der Waals surface area contributed by atoms with Crippen LogP contribution in [0.2, 0.25) is 0 Å². The van der Waals surface area contributed by atoms with Crippen LogP contribution < -0.4 is 5.73 Å². The molecule has 86 valence electrons. The monoisotopic (exact) mass is 237 g/mol. The number of hydrogen-bond donors (Lipinski definition) is 2. The fourth-order valence-electron chi connectivity index (χ4n) is 1.65. The van der Waals surface area contributed by atoms with Crippen LogP contribution in [0.4, 0.5) is 0 Å². The average Bonchev–Trinajstić information content (AvgIpc) is 2.69. The maximum atomic E-state index is 5.77.